The summed E-state index contributed by atoms with van der Waals surface area (Å²) in [6.45, 7) is 5.93. The molecular formula is C13H22N2S. The van der Waals surface area contributed by atoms with Crippen LogP contribution in [0.5, 0.6) is 0 Å². The second-order valence-corrected chi connectivity index (χ2v) is 5.76. The predicted octanol–water partition coefficient (Wildman–Crippen LogP) is 2.22. The Labute approximate surface area is 103 Å². The average molecular weight is 238 g/mol. The van der Waals surface area contributed by atoms with Crippen LogP contribution in [0.15, 0.2) is 17.5 Å². The van der Waals surface area contributed by atoms with Crippen molar-refractivity contribution in [1.29, 1.82) is 0 Å². The van der Waals surface area contributed by atoms with Crippen molar-refractivity contribution in [3.63, 3.8) is 0 Å². The molecule has 0 aromatic carbocycles. The van der Waals surface area contributed by atoms with Crippen LogP contribution in [0.4, 0.5) is 0 Å². The molecule has 0 aliphatic carbocycles. The smallest absolute Gasteiger partial charge is 0.0195 e. The highest BCUT2D eigenvalue weighted by Crippen LogP contribution is 2.23. The van der Waals surface area contributed by atoms with Gasteiger partial charge in [0.15, 0.2) is 0 Å². The Hall–Kier alpha value is -0.380. The molecule has 1 aromatic heterocycles. The second kappa shape index (κ2) is 5.80. The summed E-state index contributed by atoms with van der Waals surface area (Å²) in [7, 11) is 2.09. The third-order valence-electron chi connectivity index (χ3n) is 3.54. The fourth-order valence-electron chi connectivity index (χ4n) is 2.63. The molecule has 2 unspecified atom stereocenters. The van der Waals surface area contributed by atoms with Crippen LogP contribution < -0.4 is 5.32 Å². The molecule has 1 aromatic rings. The molecule has 2 rings (SSSR count). The lowest BCUT2D eigenvalue weighted by atomic mass is 9.91. The number of piperidine rings is 1. The topological polar surface area (TPSA) is 15.3 Å². The van der Waals surface area contributed by atoms with Crippen molar-refractivity contribution in [3.05, 3.63) is 22.4 Å². The fourth-order valence-corrected chi connectivity index (χ4v) is 3.45. The molecule has 1 fully saturated rings. The normalized spacial score (nSPS) is 27.1. The third-order valence-corrected chi connectivity index (χ3v) is 4.44. The van der Waals surface area contributed by atoms with Crippen LogP contribution in [0.3, 0.4) is 0 Å². The van der Waals surface area contributed by atoms with Gasteiger partial charge in [-0.2, -0.15) is 0 Å². The van der Waals surface area contributed by atoms with E-state index in [0.717, 1.165) is 5.92 Å². The van der Waals surface area contributed by atoms with Crippen LogP contribution in [0, 0.1) is 5.92 Å². The fraction of sp³-hybridized carbons (Fsp3) is 0.692. The Kier molecular flexibility index (Phi) is 4.38. The van der Waals surface area contributed by atoms with Gasteiger partial charge in [0.2, 0.25) is 0 Å². The molecule has 0 amide bonds. The van der Waals surface area contributed by atoms with Crippen molar-refractivity contribution in [2.75, 3.05) is 26.7 Å². The second-order valence-electron chi connectivity index (χ2n) is 4.72. The summed E-state index contributed by atoms with van der Waals surface area (Å²) in [5.74, 6) is 0.824. The molecule has 0 bridgehead atoms. The van der Waals surface area contributed by atoms with Crippen molar-refractivity contribution >= 4 is 11.3 Å². The first kappa shape index (κ1) is 12.1. The zero-order valence-electron chi connectivity index (χ0n) is 10.3. The van der Waals surface area contributed by atoms with E-state index < -0.39 is 0 Å². The Morgan fingerprint density at radius 1 is 1.50 bits per heavy atom. The highest BCUT2D eigenvalue weighted by Gasteiger charge is 2.25. The van der Waals surface area contributed by atoms with Gasteiger partial charge in [0.1, 0.15) is 0 Å². The molecular weight excluding hydrogens is 216 g/mol. The highest BCUT2D eigenvalue weighted by molar-refractivity contribution is 7.09. The molecule has 90 valence electrons. The van der Waals surface area contributed by atoms with Gasteiger partial charge in [-0.05, 0) is 43.8 Å². The maximum absolute atomic E-state index is 3.44. The number of thiophene rings is 1. The lowest BCUT2D eigenvalue weighted by molar-refractivity contribution is 0.151. The summed E-state index contributed by atoms with van der Waals surface area (Å²) in [6.07, 6.45) is 2.58. The van der Waals surface area contributed by atoms with E-state index >= 15 is 0 Å². The van der Waals surface area contributed by atoms with E-state index in [-0.39, 0.29) is 0 Å². The molecule has 1 aliphatic rings. The van der Waals surface area contributed by atoms with Crippen LogP contribution in [-0.2, 0) is 6.42 Å². The number of likely N-dealkylation sites (tertiary alicyclic amines) is 1. The number of likely N-dealkylation sites (N-methyl/N-ethyl adjacent to an activating group) is 2. The van der Waals surface area contributed by atoms with Crippen LogP contribution >= 0.6 is 11.3 Å². The minimum atomic E-state index is 0.679. The van der Waals surface area contributed by atoms with Gasteiger partial charge in [-0.25, -0.2) is 0 Å². The largest absolute Gasteiger partial charge is 0.316 e. The van der Waals surface area contributed by atoms with Crippen molar-refractivity contribution < 1.29 is 0 Å². The standard InChI is InChI=1S/C13H22N2S/c1-3-15-9-11(7-12(10-15)14-2)8-13-5-4-6-16-13/h4-6,11-12,14H,3,7-10H2,1-2H3. The Bertz CT molecular complexity index is 285. The molecule has 2 atom stereocenters. The van der Waals surface area contributed by atoms with Gasteiger partial charge in [-0.15, -0.1) is 11.3 Å². The lowest BCUT2D eigenvalue weighted by Gasteiger charge is -2.37. The van der Waals surface area contributed by atoms with Gasteiger partial charge in [0.25, 0.3) is 0 Å². The predicted molar refractivity (Wildman–Crippen MR) is 71.1 cm³/mol. The Morgan fingerprint density at radius 2 is 2.38 bits per heavy atom. The molecule has 0 spiro atoms. The number of nitrogens with one attached hydrogen (secondary N) is 1. The Balaban J connectivity index is 1.93. The third kappa shape index (κ3) is 3.06. The summed E-state index contributed by atoms with van der Waals surface area (Å²) in [5, 5.41) is 5.63. The molecule has 1 aliphatic heterocycles. The first-order valence-electron chi connectivity index (χ1n) is 6.23. The first-order chi connectivity index (χ1) is 7.81. The zero-order chi connectivity index (χ0) is 11.4. The minimum absolute atomic E-state index is 0.679. The number of hydrogen-bond donors (Lipinski definition) is 1. The van der Waals surface area contributed by atoms with Gasteiger partial charge in [-0.3, -0.25) is 0 Å². The molecule has 0 saturated carbocycles. The van der Waals surface area contributed by atoms with Crippen molar-refractivity contribution in [2.45, 2.75) is 25.8 Å². The van der Waals surface area contributed by atoms with Gasteiger partial charge >= 0.3 is 0 Å². The summed E-state index contributed by atoms with van der Waals surface area (Å²) >= 11 is 1.90. The van der Waals surface area contributed by atoms with Crippen molar-refractivity contribution in [3.8, 4) is 0 Å². The molecule has 2 heterocycles. The number of rotatable bonds is 4. The molecule has 1 saturated heterocycles. The summed E-state index contributed by atoms with van der Waals surface area (Å²) in [4.78, 5) is 4.11. The lowest BCUT2D eigenvalue weighted by Crippen LogP contribution is -2.48. The van der Waals surface area contributed by atoms with Gasteiger partial charge in [0, 0.05) is 24.0 Å². The van der Waals surface area contributed by atoms with E-state index in [1.807, 2.05) is 11.3 Å². The average Bonchev–Trinajstić information content (AvgIpc) is 2.81. The Morgan fingerprint density at radius 3 is 3.00 bits per heavy atom. The zero-order valence-corrected chi connectivity index (χ0v) is 11.1. The molecule has 1 N–H and O–H groups in total. The monoisotopic (exact) mass is 238 g/mol. The van der Waals surface area contributed by atoms with Crippen LogP contribution in [0.2, 0.25) is 0 Å². The van der Waals surface area contributed by atoms with Gasteiger partial charge in [-0.1, -0.05) is 13.0 Å². The van der Waals surface area contributed by atoms with Gasteiger partial charge in [0.05, 0.1) is 0 Å². The van der Waals surface area contributed by atoms with Crippen LogP contribution in [0.1, 0.15) is 18.2 Å². The minimum Gasteiger partial charge on any atom is -0.316 e. The van der Waals surface area contributed by atoms with Gasteiger partial charge < -0.3 is 10.2 Å². The van der Waals surface area contributed by atoms with Crippen LogP contribution in [-0.4, -0.2) is 37.6 Å². The van der Waals surface area contributed by atoms with Crippen LogP contribution in [0.25, 0.3) is 0 Å². The van der Waals surface area contributed by atoms with E-state index in [9.17, 15) is 0 Å². The quantitative estimate of drug-likeness (QED) is 0.865. The summed E-state index contributed by atoms with van der Waals surface area (Å²) < 4.78 is 0. The molecule has 16 heavy (non-hydrogen) atoms. The molecule has 0 radical (unpaired) electrons. The summed E-state index contributed by atoms with van der Waals surface area (Å²) in [6, 6.07) is 5.11. The highest BCUT2D eigenvalue weighted by atomic mass is 32.1. The summed E-state index contributed by atoms with van der Waals surface area (Å²) in [5.41, 5.74) is 0. The van der Waals surface area contributed by atoms with E-state index in [0.29, 0.717) is 6.04 Å². The van der Waals surface area contributed by atoms with E-state index in [2.05, 4.69) is 41.7 Å². The number of hydrogen-bond acceptors (Lipinski definition) is 3. The maximum Gasteiger partial charge on any atom is 0.0195 e. The van der Waals surface area contributed by atoms with E-state index in [4.69, 9.17) is 0 Å². The van der Waals surface area contributed by atoms with E-state index in [1.54, 1.807) is 0 Å². The maximum atomic E-state index is 3.44. The SMILES string of the molecule is CCN1CC(Cc2cccs2)CC(NC)C1. The molecule has 3 heteroatoms. The first-order valence-corrected chi connectivity index (χ1v) is 7.11. The van der Waals surface area contributed by atoms with Crippen molar-refractivity contribution in [1.82, 2.24) is 10.2 Å². The van der Waals surface area contributed by atoms with Crippen molar-refractivity contribution in [2.24, 2.45) is 5.92 Å². The van der Waals surface area contributed by atoms with E-state index in [1.165, 1.54) is 37.4 Å². The molecule has 2 nitrogen and oxygen atoms in total. The number of nitrogens with zero attached hydrogens (tertiary/aromatic N) is 1.